The zero-order chi connectivity index (χ0) is 24.2. The number of fused-ring (bicyclic) bond motifs is 4. The lowest BCUT2D eigenvalue weighted by Gasteiger charge is -2.50. The van der Waals surface area contributed by atoms with Gasteiger partial charge >= 0.3 is 0 Å². The van der Waals surface area contributed by atoms with Gasteiger partial charge in [-0.15, -0.1) is 0 Å². The summed E-state index contributed by atoms with van der Waals surface area (Å²) < 4.78 is 20.8. The van der Waals surface area contributed by atoms with E-state index in [2.05, 4.69) is 24.9 Å². The molecule has 6 rings (SSSR count). The lowest BCUT2D eigenvalue weighted by molar-refractivity contribution is -0.160. The number of nitrogens with zero attached hydrogens (tertiary/aromatic N) is 3. The van der Waals surface area contributed by atoms with Gasteiger partial charge in [0.1, 0.15) is 5.60 Å². The number of hydrogen-bond donors (Lipinski definition) is 0. The number of likely N-dealkylation sites (tertiary alicyclic amines) is 1. The van der Waals surface area contributed by atoms with E-state index in [9.17, 15) is 4.79 Å². The van der Waals surface area contributed by atoms with E-state index >= 15 is 0 Å². The number of para-hydroxylation sites is 1. The van der Waals surface area contributed by atoms with Crippen LogP contribution in [-0.2, 0) is 11.3 Å². The first-order valence-corrected chi connectivity index (χ1v) is 12.3. The molecule has 0 saturated carbocycles. The number of aromatic nitrogens is 2. The standard InChI is InChI=1S/C28H31N3O4/c1-28(2)21-15-22-23(34-25(21)20-8-5-9-24(33-3)26(20)35-28)10-12-31(22)27(32)19-7-4-6-18(14-19)16-30-13-11-29-17-30/h4-9,11,13-14,17,21-23,25H,10,12,15-16H2,1-3H3/t21-,22+,23-,25+/m1/s1. The molecule has 3 aromatic rings. The molecule has 4 atom stereocenters. The molecule has 7 nitrogen and oxygen atoms in total. The molecular weight excluding hydrogens is 442 g/mol. The minimum atomic E-state index is -0.445. The van der Waals surface area contributed by atoms with Crippen molar-refractivity contribution in [3.05, 3.63) is 77.9 Å². The third kappa shape index (κ3) is 3.78. The first-order chi connectivity index (χ1) is 16.9. The van der Waals surface area contributed by atoms with Gasteiger partial charge in [0.15, 0.2) is 11.5 Å². The Morgan fingerprint density at radius 2 is 2.09 bits per heavy atom. The summed E-state index contributed by atoms with van der Waals surface area (Å²) in [7, 11) is 1.67. The van der Waals surface area contributed by atoms with Gasteiger partial charge < -0.3 is 23.7 Å². The molecule has 182 valence electrons. The van der Waals surface area contributed by atoms with Crippen LogP contribution < -0.4 is 9.47 Å². The Balaban J connectivity index is 1.25. The molecular formula is C28H31N3O4. The number of hydrogen-bond acceptors (Lipinski definition) is 5. The summed E-state index contributed by atoms with van der Waals surface area (Å²) in [6.07, 6.45) is 7.12. The maximum absolute atomic E-state index is 13.7. The highest BCUT2D eigenvalue weighted by Gasteiger charge is 2.54. The van der Waals surface area contributed by atoms with Gasteiger partial charge in [-0.1, -0.05) is 24.3 Å². The Hall–Kier alpha value is -3.32. The van der Waals surface area contributed by atoms with E-state index in [0.29, 0.717) is 13.1 Å². The molecule has 1 aromatic heterocycles. The molecule has 1 amide bonds. The average Bonchev–Trinajstić information content (AvgIpc) is 3.52. The third-order valence-electron chi connectivity index (χ3n) is 7.82. The predicted molar refractivity (Wildman–Crippen MR) is 131 cm³/mol. The molecule has 0 N–H and O–H groups in total. The van der Waals surface area contributed by atoms with Gasteiger partial charge in [-0.05, 0) is 50.5 Å². The minimum Gasteiger partial charge on any atom is -0.493 e. The van der Waals surface area contributed by atoms with Gasteiger partial charge in [-0.3, -0.25) is 4.79 Å². The summed E-state index contributed by atoms with van der Waals surface area (Å²) in [4.78, 5) is 19.8. The van der Waals surface area contributed by atoms with Crippen molar-refractivity contribution in [3.8, 4) is 11.5 Å². The topological polar surface area (TPSA) is 65.8 Å². The molecule has 0 unspecified atom stereocenters. The molecule has 4 heterocycles. The van der Waals surface area contributed by atoms with Crippen LogP contribution in [0.5, 0.6) is 11.5 Å². The number of methoxy groups -OCH3 is 1. The van der Waals surface area contributed by atoms with Crippen LogP contribution in [-0.4, -0.2) is 51.8 Å². The number of carbonyl (C=O) groups is 1. The monoisotopic (exact) mass is 473 g/mol. The number of imidazole rings is 1. The summed E-state index contributed by atoms with van der Waals surface area (Å²) in [5.74, 6) is 1.71. The van der Waals surface area contributed by atoms with Gasteiger partial charge in [-0.2, -0.15) is 0 Å². The zero-order valence-electron chi connectivity index (χ0n) is 20.4. The van der Waals surface area contributed by atoms with E-state index in [1.807, 2.05) is 52.1 Å². The largest absolute Gasteiger partial charge is 0.493 e. The van der Waals surface area contributed by atoms with Gasteiger partial charge in [0.2, 0.25) is 0 Å². The molecule has 3 aliphatic heterocycles. The average molecular weight is 474 g/mol. The number of benzene rings is 2. The lowest BCUT2D eigenvalue weighted by Crippen LogP contribution is -2.54. The van der Waals surface area contributed by atoms with Crippen LogP contribution in [0.4, 0.5) is 0 Å². The van der Waals surface area contributed by atoms with Crippen LogP contribution >= 0.6 is 0 Å². The van der Waals surface area contributed by atoms with E-state index in [1.54, 1.807) is 19.6 Å². The van der Waals surface area contributed by atoms with Crippen molar-refractivity contribution in [1.29, 1.82) is 0 Å². The van der Waals surface area contributed by atoms with Crippen LogP contribution in [0.1, 0.15) is 54.3 Å². The minimum absolute atomic E-state index is 0.0160. The number of rotatable bonds is 4. The number of carbonyl (C=O) groups excluding carboxylic acids is 1. The highest BCUT2D eigenvalue weighted by molar-refractivity contribution is 5.94. The summed E-state index contributed by atoms with van der Waals surface area (Å²) in [6, 6.07) is 14.0. The van der Waals surface area contributed by atoms with E-state index in [1.165, 1.54) is 0 Å². The summed E-state index contributed by atoms with van der Waals surface area (Å²) >= 11 is 0. The normalized spacial score (nSPS) is 26.3. The van der Waals surface area contributed by atoms with Gasteiger partial charge in [0.05, 0.1) is 31.7 Å². The van der Waals surface area contributed by atoms with Gasteiger partial charge in [0, 0.05) is 42.5 Å². The molecule has 2 fully saturated rings. The van der Waals surface area contributed by atoms with Crippen molar-refractivity contribution < 1.29 is 19.0 Å². The Labute approximate surface area is 205 Å². The SMILES string of the molecule is COc1cccc2c1OC(C)(C)[C@@H]1C[C@H]3[C@@H](CCN3C(=O)c3cccc(Cn4ccnc4)c3)O[C@@H]21. The fourth-order valence-corrected chi connectivity index (χ4v) is 6.05. The molecule has 3 aliphatic rings. The van der Waals surface area contributed by atoms with Crippen LogP contribution in [0, 0.1) is 5.92 Å². The fourth-order valence-electron chi connectivity index (χ4n) is 6.05. The predicted octanol–water partition coefficient (Wildman–Crippen LogP) is 4.47. The molecule has 35 heavy (non-hydrogen) atoms. The van der Waals surface area contributed by atoms with Crippen LogP contribution in [0.15, 0.2) is 61.2 Å². The van der Waals surface area contributed by atoms with Crippen molar-refractivity contribution in [2.24, 2.45) is 5.92 Å². The van der Waals surface area contributed by atoms with E-state index < -0.39 is 5.60 Å². The van der Waals surface area contributed by atoms with Gasteiger partial charge in [-0.25, -0.2) is 4.98 Å². The van der Waals surface area contributed by atoms with Crippen LogP contribution in [0.25, 0.3) is 0 Å². The fraction of sp³-hybridized carbons (Fsp3) is 0.429. The summed E-state index contributed by atoms with van der Waals surface area (Å²) in [5, 5.41) is 0. The van der Waals surface area contributed by atoms with Gasteiger partial charge in [0.25, 0.3) is 5.91 Å². The summed E-state index contributed by atoms with van der Waals surface area (Å²) in [6.45, 7) is 5.62. The molecule has 0 radical (unpaired) electrons. The van der Waals surface area contributed by atoms with E-state index in [0.717, 1.165) is 41.0 Å². The Morgan fingerprint density at radius 1 is 1.23 bits per heavy atom. The first-order valence-electron chi connectivity index (χ1n) is 12.3. The van der Waals surface area contributed by atoms with E-state index in [-0.39, 0.29) is 30.1 Å². The van der Waals surface area contributed by atoms with Crippen molar-refractivity contribution in [3.63, 3.8) is 0 Å². The Bertz CT molecular complexity index is 1240. The van der Waals surface area contributed by atoms with Crippen molar-refractivity contribution in [2.75, 3.05) is 13.7 Å². The van der Waals surface area contributed by atoms with Crippen LogP contribution in [0.2, 0.25) is 0 Å². The Morgan fingerprint density at radius 3 is 2.89 bits per heavy atom. The molecule has 2 aromatic carbocycles. The highest BCUT2D eigenvalue weighted by Crippen LogP contribution is 2.54. The van der Waals surface area contributed by atoms with Crippen LogP contribution in [0.3, 0.4) is 0 Å². The quantitative estimate of drug-likeness (QED) is 0.559. The highest BCUT2D eigenvalue weighted by atomic mass is 16.5. The molecule has 2 saturated heterocycles. The summed E-state index contributed by atoms with van der Waals surface area (Å²) in [5.41, 5.74) is 2.40. The third-order valence-corrected chi connectivity index (χ3v) is 7.82. The van der Waals surface area contributed by atoms with Crippen molar-refractivity contribution in [2.45, 2.75) is 57.1 Å². The maximum atomic E-state index is 13.7. The number of ether oxygens (including phenoxy) is 3. The second-order valence-electron chi connectivity index (χ2n) is 10.3. The zero-order valence-corrected chi connectivity index (χ0v) is 20.4. The van der Waals surface area contributed by atoms with Crippen molar-refractivity contribution in [1.82, 2.24) is 14.5 Å². The first kappa shape index (κ1) is 22.2. The second kappa shape index (κ2) is 8.41. The molecule has 7 heteroatoms. The number of amides is 1. The second-order valence-corrected chi connectivity index (χ2v) is 10.3. The molecule has 0 spiro atoms. The van der Waals surface area contributed by atoms with E-state index in [4.69, 9.17) is 14.2 Å². The lowest BCUT2D eigenvalue weighted by atomic mass is 9.74. The molecule has 0 bridgehead atoms. The molecule has 0 aliphatic carbocycles. The maximum Gasteiger partial charge on any atom is 0.254 e. The smallest absolute Gasteiger partial charge is 0.254 e. The van der Waals surface area contributed by atoms with Crippen molar-refractivity contribution >= 4 is 5.91 Å². The Kier molecular flexibility index (Phi) is 5.33.